The van der Waals surface area contributed by atoms with E-state index >= 15 is 0 Å². The van der Waals surface area contributed by atoms with Gasteiger partial charge in [0, 0.05) is 5.69 Å². The fourth-order valence-electron chi connectivity index (χ4n) is 2.95. The van der Waals surface area contributed by atoms with Crippen molar-refractivity contribution < 1.29 is 24.2 Å². The van der Waals surface area contributed by atoms with Gasteiger partial charge in [0.25, 0.3) is 11.1 Å². The molecule has 1 saturated heterocycles. The lowest BCUT2D eigenvalue weighted by molar-refractivity contribution is -0.127. The second kappa shape index (κ2) is 8.93. The van der Waals surface area contributed by atoms with E-state index in [1.54, 1.807) is 12.1 Å². The number of rotatable bonds is 5. The molecular formula is C21H19BrN2O5S. The molecule has 3 rings (SSSR count). The normalized spacial score (nSPS) is 15.1. The number of thioether (sulfide) groups is 1. The number of methoxy groups -OCH3 is 1. The quantitative estimate of drug-likeness (QED) is 0.600. The number of carbonyl (C=O) groups is 3. The molecule has 0 saturated carbocycles. The number of hydrogen-bond acceptors (Lipinski definition) is 6. The first-order valence-electron chi connectivity index (χ1n) is 8.89. The number of nitrogens with one attached hydrogen (secondary N) is 1. The molecule has 2 aromatic carbocycles. The van der Waals surface area contributed by atoms with Gasteiger partial charge >= 0.3 is 0 Å². The van der Waals surface area contributed by atoms with Crippen LogP contribution in [0.4, 0.5) is 10.5 Å². The minimum atomic E-state index is -0.551. The molecule has 1 aliphatic heterocycles. The van der Waals surface area contributed by atoms with Gasteiger partial charge in [-0.1, -0.05) is 18.2 Å². The van der Waals surface area contributed by atoms with E-state index in [-0.39, 0.29) is 22.9 Å². The molecule has 0 unspecified atom stereocenters. The summed E-state index contributed by atoms with van der Waals surface area (Å²) in [5.41, 5.74) is 3.02. The summed E-state index contributed by atoms with van der Waals surface area (Å²) in [7, 11) is 1.41. The number of phenols is 1. The standard InChI is InChI=1S/C21H19BrN2O5S/c1-11-5-4-6-12(2)18(11)23-17(25)10-24-20(27)16(30-21(24)28)9-13-7-14(22)19(26)15(8-13)29-3/h4-9,26H,10H2,1-3H3,(H,23,25)/b16-9+. The van der Waals surface area contributed by atoms with Crippen LogP contribution in [0.2, 0.25) is 0 Å². The Kier molecular flexibility index (Phi) is 6.52. The summed E-state index contributed by atoms with van der Waals surface area (Å²) in [4.78, 5) is 38.6. The highest BCUT2D eigenvalue weighted by atomic mass is 79.9. The fourth-order valence-corrected chi connectivity index (χ4v) is 4.25. The van der Waals surface area contributed by atoms with Crippen LogP contribution in [0.15, 0.2) is 39.7 Å². The van der Waals surface area contributed by atoms with Crippen molar-refractivity contribution in [3.8, 4) is 11.5 Å². The van der Waals surface area contributed by atoms with Crippen molar-refractivity contribution in [3.05, 3.63) is 56.4 Å². The highest BCUT2D eigenvalue weighted by Gasteiger charge is 2.36. The molecule has 3 amide bonds. The number of hydrogen-bond donors (Lipinski definition) is 2. The Morgan fingerprint density at radius 2 is 1.93 bits per heavy atom. The number of amides is 3. The summed E-state index contributed by atoms with van der Waals surface area (Å²) in [6.45, 7) is 3.36. The third-order valence-electron chi connectivity index (χ3n) is 4.49. The number of phenolic OH excluding ortho intramolecular Hbond substituents is 1. The summed E-state index contributed by atoms with van der Waals surface area (Å²) < 4.78 is 5.49. The zero-order valence-electron chi connectivity index (χ0n) is 16.5. The first-order chi connectivity index (χ1) is 14.2. The van der Waals surface area contributed by atoms with Crippen molar-refractivity contribution in [2.45, 2.75) is 13.8 Å². The van der Waals surface area contributed by atoms with E-state index in [4.69, 9.17) is 4.74 Å². The number of carbonyl (C=O) groups excluding carboxylic acids is 3. The maximum absolute atomic E-state index is 12.7. The van der Waals surface area contributed by atoms with Crippen molar-refractivity contribution in [1.29, 1.82) is 0 Å². The number of aryl methyl sites for hydroxylation is 2. The highest BCUT2D eigenvalue weighted by molar-refractivity contribution is 9.10. The maximum atomic E-state index is 12.7. The Hall–Kier alpha value is -2.78. The van der Waals surface area contributed by atoms with Gasteiger partial charge in [0.1, 0.15) is 6.54 Å². The number of anilines is 1. The SMILES string of the molecule is COc1cc(/C=C2/SC(=O)N(CC(=O)Nc3c(C)cccc3C)C2=O)cc(Br)c1O. The van der Waals surface area contributed by atoms with Crippen LogP contribution < -0.4 is 10.1 Å². The third kappa shape index (κ3) is 4.52. The lowest BCUT2D eigenvalue weighted by Gasteiger charge is -2.15. The molecule has 0 bridgehead atoms. The number of aromatic hydroxyl groups is 1. The van der Waals surface area contributed by atoms with Crippen LogP contribution in [0.5, 0.6) is 11.5 Å². The predicted molar refractivity (Wildman–Crippen MR) is 120 cm³/mol. The van der Waals surface area contributed by atoms with Crippen LogP contribution in [0.3, 0.4) is 0 Å². The Morgan fingerprint density at radius 1 is 1.27 bits per heavy atom. The van der Waals surface area contributed by atoms with Gasteiger partial charge in [-0.3, -0.25) is 19.3 Å². The summed E-state index contributed by atoms with van der Waals surface area (Å²) >= 11 is 3.98. The topological polar surface area (TPSA) is 95.9 Å². The van der Waals surface area contributed by atoms with Crippen LogP contribution in [0, 0.1) is 13.8 Å². The first kappa shape index (κ1) is 21.9. The fraction of sp³-hybridized carbons (Fsp3) is 0.190. The van der Waals surface area contributed by atoms with Gasteiger partial charge < -0.3 is 15.2 Å². The van der Waals surface area contributed by atoms with Crippen molar-refractivity contribution >= 4 is 56.5 Å². The monoisotopic (exact) mass is 490 g/mol. The zero-order chi connectivity index (χ0) is 22.0. The molecule has 0 radical (unpaired) electrons. The summed E-state index contributed by atoms with van der Waals surface area (Å²) in [6.07, 6.45) is 1.51. The molecule has 1 heterocycles. The summed E-state index contributed by atoms with van der Waals surface area (Å²) in [6, 6.07) is 8.77. The van der Waals surface area contributed by atoms with E-state index in [0.717, 1.165) is 27.8 Å². The number of para-hydroxylation sites is 1. The Bertz CT molecular complexity index is 1060. The molecule has 7 nitrogen and oxygen atoms in total. The molecule has 156 valence electrons. The molecular weight excluding hydrogens is 472 g/mol. The van der Waals surface area contributed by atoms with Crippen LogP contribution in [0.25, 0.3) is 6.08 Å². The number of halogens is 1. The van der Waals surface area contributed by atoms with E-state index < -0.39 is 17.1 Å². The highest BCUT2D eigenvalue weighted by Crippen LogP contribution is 2.38. The molecule has 9 heteroatoms. The Morgan fingerprint density at radius 3 is 2.57 bits per heavy atom. The molecule has 0 aliphatic carbocycles. The number of imide groups is 1. The van der Waals surface area contributed by atoms with E-state index in [1.807, 2.05) is 32.0 Å². The number of ether oxygens (including phenoxy) is 1. The minimum Gasteiger partial charge on any atom is -0.503 e. The molecule has 30 heavy (non-hydrogen) atoms. The van der Waals surface area contributed by atoms with Crippen LogP contribution in [-0.2, 0) is 9.59 Å². The van der Waals surface area contributed by atoms with E-state index in [2.05, 4.69) is 21.2 Å². The average molecular weight is 491 g/mol. The molecule has 1 aliphatic rings. The predicted octanol–water partition coefficient (Wildman–Crippen LogP) is 4.46. The molecule has 2 aromatic rings. The maximum Gasteiger partial charge on any atom is 0.294 e. The third-order valence-corrected chi connectivity index (χ3v) is 6.00. The van der Waals surface area contributed by atoms with Gasteiger partial charge in [-0.15, -0.1) is 0 Å². The molecule has 1 fully saturated rings. The minimum absolute atomic E-state index is 0.0640. The van der Waals surface area contributed by atoms with Crippen LogP contribution >= 0.6 is 27.7 Å². The van der Waals surface area contributed by atoms with Crippen molar-refractivity contribution in [1.82, 2.24) is 4.90 Å². The van der Waals surface area contributed by atoms with Gasteiger partial charge in [-0.25, -0.2) is 0 Å². The largest absolute Gasteiger partial charge is 0.503 e. The van der Waals surface area contributed by atoms with E-state index in [1.165, 1.54) is 13.2 Å². The molecule has 2 N–H and O–H groups in total. The lowest BCUT2D eigenvalue weighted by Crippen LogP contribution is -2.36. The zero-order valence-corrected chi connectivity index (χ0v) is 18.9. The van der Waals surface area contributed by atoms with E-state index in [9.17, 15) is 19.5 Å². The Labute approximate surface area is 186 Å². The van der Waals surface area contributed by atoms with Crippen LogP contribution in [-0.4, -0.2) is 40.7 Å². The average Bonchev–Trinajstić information content (AvgIpc) is 2.95. The molecule has 0 aromatic heterocycles. The van der Waals surface area contributed by atoms with Crippen molar-refractivity contribution in [3.63, 3.8) is 0 Å². The summed E-state index contributed by atoms with van der Waals surface area (Å²) in [5, 5.41) is 12.2. The number of benzene rings is 2. The van der Waals surface area contributed by atoms with Gasteiger partial charge in [-0.2, -0.15) is 0 Å². The second-order valence-corrected chi connectivity index (χ2v) is 8.48. The van der Waals surface area contributed by atoms with Gasteiger partial charge in [0.15, 0.2) is 11.5 Å². The van der Waals surface area contributed by atoms with Crippen molar-refractivity contribution in [2.75, 3.05) is 19.0 Å². The molecule has 0 atom stereocenters. The van der Waals surface area contributed by atoms with Gasteiger partial charge in [0.05, 0.1) is 16.5 Å². The first-order valence-corrected chi connectivity index (χ1v) is 10.5. The Balaban J connectivity index is 1.77. The molecule has 0 spiro atoms. The van der Waals surface area contributed by atoms with E-state index in [0.29, 0.717) is 15.7 Å². The van der Waals surface area contributed by atoms with Gasteiger partial charge in [0.2, 0.25) is 5.91 Å². The van der Waals surface area contributed by atoms with Gasteiger partial charge in [-0.05, 0) is 76.4 Å². The smallest absolute Gasteiger partial charge is 0.294 e. The second-order valence-electron chi connectivity index (χ2n) is 6.64. The van der Waals surface area contributed by atoms with Crippen molar-refractivity contribution in [2.24, 2.45) is 0 Å². The van der Waals surface area contributed by atoms with Crippen LogP contribution in [0.1, 0.15) is 16.7 Å². The number of nitrogens with zero attached hydrogens (tertiary/aromatic N) is 1. The summed E-state index contributed by atoms with van der Waals surface area (Å²) in [5.74, 6) is -0.844. The lowest BCUT2D eigenvalue weighted by atomic mass is 10.1.